The second-order valence-corrected chi connectivity index (χ2v) is 7.08. The Hall–Kier alpha value is -2.99. The molecule has 1 heterocycles. The molecule has 0 aliphatic rings. The van der Waals surface area contributed by atoms with Gasteiger partial charge in [-0.05, 0) is 12.8 Å². The lowest BCUT2D eigenvalue weighted by atomic mass is 9.97. The van der Waals surface area contributed by atoms with Gasteiger partial charge < -0.3 is 36.9 Å². The number of aromatic amines is 1. The first-order chi connectivity index (χ1) is 14.1. The normalized spacial score (nSPS) is 15.9. The minimum absolute atomic E-state index is 0.0219. The van der Waals surface area contributed by atoms with Gasteiger partial charge in [-0.2, -0.15) is 0 Å². The van der Waals surface area contributed by atoms with Gasteiger partial charge in [-0.15, -0.1) is 0 Å². The molecule has 30 heavy (non-hydrogen) atoms. The Morgan fingerprint density at radius 2 is 1.73 bits per heavy atom. The molecule has 0 aliphatic heterocycles. The number of nitrogens with zero attached hydrogens (tertiary/aromatic N) is 1. The third-order valence-electron chi connectivity index (χ3n) is 4.62. The summed E-state index contributed by atoms with van der Waals surface area (Å²) in [6.45, 7) is 4.24. The summed E-state index contributed by atoms with van der Waals surface area (Å²) < 4.78 is 0. The fourth-order valence-electron chi connectivity index (χ4n) is 2.53. The number of aliphatic carboxylic acids is 1. The minimum atomic E-state index is -1.30. The summed E-state index contributed by atoms with van der Waals surface area (Å²) in [5.41, 5.74) is 5.96. The fraction of sp³-hybridized carbons (Fsp3) is 0.611. The van der Waals surface area contributed by atoms with Crippen LogP contribution in [0.15, 0.2) is 12.5 Å². The molecule has 1 aromatic heterocycles. The van der Waals surface area contributed by atoms with Gasteiger partial charge in [0, 0.05) is 18.3 Å². The highest BCUT2D eigenvalue weighted by atomic mass is 16.4. The zero-order chi connectivity index (χ0) is 22.8. The Labute approximate surface area is 174 Å². The third-order valence-corrected chi connectivity index (χ3v) is 4.62. The van der Waals surface area contributed by atoms with Crippen molar-refractivity contribution in [1.82, 2.24) is 25.9 Å². The van der Waals surface area contributed by atoms with E-state index in [-0.39, 0.29) is 12.3 Å². The number of carboxylic acids is 1. The number of aromatic nitrogens is 2. The smallest absolute Gasteiger partial charge is 0.326 e. The monoisotopic (exact) mass is 426 g/mol. The van der Waals surface area contributed by atoms with E-state index in [4.69, 9.17) is 5.73 Å². The van der Waals surface area contributed by atoms with Crippen molar-refractivity contribution in [2.75, 3.05) is 6.61 Å². The van der Waals surface area contributed by atoms with E-state index in [0.717, 1.165) is 0 Å². The van der Waals surface area contributed by atoms with Crippen molar-refractivity contribution >= 4 is 23.7 Å². The predicted molar refractivity (Wildman–Crippen MR) is 106 cm³/mol. The molecule has 5 atom stereocenters. The van der Waals surface area contributed by atoms with Crippen molar-refractivity contribution in [3.8, 4) is 0 Å². The lowest BCUT2D eigenvalue weighted by Gasteiger charge is -2.27. The van der Waals surface area contributed by atoms with Gasteiger partial charge in [-0.3, -0.25) is 14.4 Å². The average Bonchev–Trinajstić information content (AvgIpc) is 3.21. The largest absolute Gasteiger partial charge is 0.480 e. The molecule has 12 heteroatoms. The van der Waals surface area contributed by atoms with E-state index in [1.165, 1.54) is 19.4 Å². The number of nitrogens with two attached hydrogens (primary N) is 1. The van der Waals surface area contributed by atoms with Gasteiger partial charge in [0.05, 0.1) is 19.0 Å². The van der Waals surface area contributed by atoms with Crippen LogP contribution in [0.4, 0.5) is 0 Å². The zero-order valence-electron chi connectivity index (χ0n) is 17.2. The van der Waals surface area contributed by atoms with Crippen LogP contribution in [0.25, 0.3) is 0 Å². The Kier molecular flexibility index (Phi) is 9.92. The molecule has 0 saturated heterocycles. The van der Waals surface area contributed by atoms with Gasteiger partial charge in [-0.1, -0.05) is 20.3 Å². The molecule has 0 aliphatic carbocycles. The maximum atomic E-state index is 12.8. The van der Waals surface area contributed by atoms with E-state index >= 15 is 0 Å². The number of rotatable bonds is 12. The Balaban J connectivity index is 2.90. The Morgan fingerprint density at radius 3 is 2.20 bits per heavy atom. The second-order valence-electron chi connectivity index (χ2n) is 7.08. The van der Waals surface area contributed by atoms with E-state index < -0.39 is 54.5 Å². The number of carbonyl (C=O) groups is 4. The number of hydrogen-bond donors (Lipinski definition) is 7. The number of hydrogen-bond acceptors (Lipinski definition) is 7. The maximum absolute atomic E-state index is 12.8. The molecule has 0 fully saturated rings. The number of amides is 3. The van der Waals surface area contributed by atoms with Gasteiger partial charge in [0.2, 0.25) is 17.7 Å². The van der Waals surface area contributed by atoms with Crippen molar-refractivity contribution in [3.05, 3.63) is 18.2 Å². The molecule has 5 unspecified atom stereocenters. The summed E-state index contributed by atoms with van der Waals surface area (Å²) in [5, 5.41) is 26.1. The number of H-pyrrole nitrogens is 1. The number of nitrogens with one attached hydrogen (secondary N) is 4. The predicted octanol–water partition coefficient (Wildman–Crippen LogP) is -2.12. The summed E-state index contributed by atoms with van der Waals surface area (Å²) in [6, 6.07) is -4.51. The van der Waals surface area contributed by atoms with Crippen molar-refractivity contribution in [1.29, 1.82) is 0 Å². The lowest BCUT2D eigenvalue weighted by Crippen LogP contribution is -2.59. The van der Waals surface area contributed by atoms with Crippen molar-refractivity contribution in [2.24, 2.45) is 11.7 Å². The van der Waals surface area contributed by atoms with E-state index in [0.29, 0.717) is 12.1 Å². The summed E-state index contributed by atoms with van der Waals surface area (Å²) in [5.74, 6) is -3.71. The minimum Gasteiger partial charge on any atom is -0.480 e. The lowest BCUT2D eigenvalue weighted by molar-refractivity contribution is -0.142. The molecular formula is C18H30N6O6. The number of imidazole rings is 1. The van der Waals surface area contributed by atoms with Crippen molar-refractivity contribution < 1.29 is 29.4 Å². The molecular weight excluding hydrogens is 396 g/mol. The van der Waals surface area contributed by atoms with E-state index in [1.54, 1.807) is 13.8 Å². The molecule has 12 nitrogen and oxygen atoms in total. The zero-order valence-corrected chi connectivity index (χ0v) is 17.2. The van der Waals surface area contributed by atoms with Crippen LogP contribution in [0, 0.1) is 5.92 Å². The highest BCUT2D eigenvalue weighted by Gasteiger charge is 2.32. The van der Waals surface area contributed by atoms with E-state index in [2.05, 4.69) is 25.9 Å². The standard InChI is InChI=1S/C18H30N6O6/c1-4-9(2)14(24-16(27)13(7-25)23-15(26)10(3)19)17(28)22-12(18(29)30)5-11-6-20-8-21-11/h6,8-10,12-14,25H,4-5,7,19H2,1-3H3,(H,20,21)(H,22,28)(H,23,26)(H,24,27)(H,29,30). The van der Waals surface area contributed by atoms with Crippen LogP contribution in [-0.4, -0.2) is 74.6 Å². The topological polar surface area (TPSA) is 200 Å². The number of aliphatic hydroxyl groups excluding tert-OH is 1. The van der Waals surface area contributed by atoms with Crippen LogP contribution in [0.3, 0.4) is 0 Å². The molecule has 3 amide bonds. The van der Waals surface area contributed by atoms with Crippen LogP contribution < -0.4 is 21.7 Å². The Bertz CT molecular complexity index is 723. The molecule has 0 radical (unpaired) electrons. The van der Waals surface area contributed by atoms with Gasteiger partial charge in [0.1, 0.15) is 18.1 Å². The summed E-state index contributed by atoms with van der Waals surface area (Å²) in [6.07, 6.45) is 3.32. The SMILES string of the molecule is CCC(C)C(NC(=O)C(CO)NC(=O)C(C)N)C(=O)NC(Cc1cnc[nH]1)C(=O)O. The number of aliphatic hydroxyl groups is 1. The fourth-order valence-corrected chi connectivity index (χ4v) is 2.53. The van der Waals surface area contributed by atoms with E-state index in [9.17, 15) is 29.4 Å². The average molecular weight is 426 g/mol. The van der Waals surface area contributed by atoms with Crippen molar-refractivity contribution in [3.63, 3.8) is 0 Å². The Morgan fingerprint density at radius 1 is 1.10 bits per heavy atom. The van der Waals surface area contributed by atoms with E-state index in [1.807, 2.05) is 0 Å². The van der Waals surface area contributed by atoms with Crippen LogP contribution in [0.5, 0.6) is 0 Å². The molecule has 1 aromatic rings. The molecule has 0 aromatic carbocycles. The molecule has 1 rings (SSSR count). The molecule has 0 bridgehead atoms. The first kappa shape index (κ1) is 25.0. The summed E-state index contributed by atoms with van der Waals surface area (Å²) in [7, 11) is 0. The molecule has 8 N–H and O–H groups in total. The summed E-state index contributed by atoms with van der Waals surface area (Å²) >= 11 is 0. The van der Waals surface area contributed by atoms with Crippen LogP contribution in [0.1, 0.15) is 32.9 Å². The number of carbonyl (C=O) groups excluding carboxylic acids is 3. The molecule has 168 valence electrons. The van der Waals surface area contributed by atoms with Gasteiger partial charge in [-0.25, -0.2) is 9.78 Å². The summed E-state index contributed by atoms with van der Waals surface area (Å²) in [4.78, 5) is 55.1. The maximum Gasteiger partial charge on any atom is 0.326 e. The highest BCUT2D eigenvalue weighted by molar-refractivity contribution is 5.94. The second kappa shape index (κ2) is 11.9. The molecule has 0 spiro atoms. The highest BCUT2D eigenvalue weighted by Crippen LogP contribution is 2.10. The molecule has 0 saturated carbocycles. The van der Waals surface area contributed by atoms with Crippen LogP contribution >= 0.6 is 0 Å². The first-order valence-corrected chi connectivity index (χ1v) is 9.58. The van der Waals surface area contributed by atoms with Gasteiger partial charge in [0.25, 0.3) is 0 Å². The quantitative estimate of drug-likeness (QED) is 0.196. The first-order valence-electron chi connectivity index (χ1n) is 9.58. The van der Waals surface area contributed by atoms with Crippen molar-refractivity contribution in [2.45, 2.75) is 57.8 Å². The van der Waals surface area contributed by atoms with Gasteiger partial charge >= 0.3 is 5.97 Å². The van der Waals surface area contributed by atoms with Crippen LogP contribution in [0.2, 0.25) is 0 Å². The number of carboxylic acid groups (broad SMARTS) is 1. The third kappa shape index (κ3) is 7.44. The van der Waals surface area contributed by atoms with Gasteiger partial charge in [0.15, 0.2) is 0 Å². The van der Waals surface area contributed by atoms with Crippen LogP contribution in [-0.2, 0) is 25.6 Å².